The van der Waals surface area contributed by atoms with Crippen LogP contribution in [0.15, 0.2) is 24.3 Å². The van der Waals surface area contributed by atoms with Gasteiger partial charge >= 0.3 is 0 Å². The third-order valence-electron chi connectivity index (χ3n) is 2.48. The highest BCUT2D eigenvalue weighted by atomic mass is 35.5. The average molecular weight is 248 g/mol. The Labute approximate surface area is 106 Å². The van der Waals surface area contributed by atoms with E-state index in [4.69, 9.17) is 11.6 Å². The largest absolute Gasteiger partial charge is 0.340 e. The lowest BCUT2D eigenvalue weighted by atomic mass is 10.1. The van der Waals surface area contributed by atoms with E-state index >= 15 is 0 Å². The molecule has 0 atom stereocenters. The Kier molecular flexibility index (Phi) is 3.29. The molecule has 3 nitrogen and oxygen atoms in total. The highest BCUT2D eigenvalue weighted by molar-refractivity contribution is 6.28. The molecular formula is C13H14ClN3. The highest BCUT2D eigenvalue weighted by Crippen LogP contribution is 2.21. The molecule has 0 radical (unpaired) electrons. The maximum Gasteiger partial charge on any atom is 0.224 e. The number of rotatable bonds is 2. The van der Waals surface area contributed by atoms with Crippen molar-refractivity contribution in [3.63, 3.8) is 0 Å². The van der Waals surface area contributed by atoms with Gasteiger partial charge in [-0.25, -0.2) is 9.97 Å². The van der Waals surface area contributed by atoms with Crippen molar-refractivity contribution >= 4 is 23.1 Å². The SMILES string of the molecule is Cc1ccc(C)c(Nc2cc(C)nc(Cl)n2)c1. The minimum Gasteiger partial charge on any atom is -0.340 e. The van der Waals surface area contributed by atoms with Gasteiger partial charge in [0.15, 0.2) is 0 Å². The molecule has 2 aromatic rings. The number of hydrogen-bond donors (Lipinski definition) is 1. The summed E-state index contributed by atoms with van der Waals surface area (Å²) < 4.78 is 0. The fourth-order valence-electron chi connectivity index (χ4n) is 1.60. The van der Waals surface area contributed by atoms with Crippen LogP contribution in [-0.4, -0.2) is 9.97 Å². The molecule has 0 fully saturated rings. The Morgan fingerprint density at radius 3 is 2.53 bits per heavy atom. The first-order valence-corrected chi connectivity index (χ1v) is 5.78. The fourth-order valence-corrected chi connectivity index (χ4v) is 1.83. The van der Waals surface area contributed by atoms with Crippen LogP contribution in [0, 0.1) is 20.8 Å². The first kappa shape index (κ1) is 11.9. The fraction of sp³-hybridized carbons (Fsp3) is 0.231. The van der Waals surface area contributed by atoms with Gasteiger partial charge in [0.05, 0.1) is 0 Å². The second-order valence-corrected chi connectivity index (χ2v) is 4.45. The summed E-state index contributed by atoms with van der Waals surface area (Å²) in [5, 5.41) is 3.52. The molecule has 0 saturated heterocycles. The number of anilines is 2. The Morgan fingerprint density at radius 1 is 1.06 bits per heavy atom. The van der Waals surface area contributed by atoms with E-state index in [2.05, 4.69) is 47.3 Å². The molecule has 17 heavy (non-hydrogen) atoms. The zero-order valence-electron chi connectivity index (χ0n) is 10.1. The van der Waals surface area contributed by atoms with E-state index in [0.29, 0.717) is 0 Å². The molecule has 1 heterocycles. The van der Waals surface area contributed by atoms with E-state index in [1.54, 1.807) is 0 Å². The van der Waals surface area contributed by atoms with Gasteiger partial charge in [-0.15, -0.1) is 0 Å². The number of aryl methyl sites for hydroxylation is 3. The third-order valence-corrected chi connectivity index (χ3v) is 2.65. The second kappa shape index (κ2) is 4.72. The van der Waals surface area contributed by atoms with E-state index in [1.807, 2.05) is 13.0 Å². The van der Waals surface area contributed by atoms with Crippen molar-refractivity contribution in [3.05, 3.63) is 46.4 Å². The summed E-state index contributed by atoms with van der Waals surface area (Å²) in [4.78, 5) is 8.17. The van der Waals surface area contributed by atoms with Gasteiger partial charge in [-0.2, -0.15) is 0 Å². The number of halogens is 1. The molecule has 0 aliphatic rings. The summed E-state index contributed by atoms with van der Waals surface area (Å²) in [5.41, 5.74) is 4.26. The molecule has 0 unspecified atom stereocenters. The minimum absolute atomic E-state index is 0.262. The van der Waals surface area contributed by atoms with E-state index in [9.17, 15) is 0 Å². The quantitative estimate of drug-likeness (QED) is 0.821. The van der Waals surface area contributed by atoms with Gasteiger partial charge in [-0.1, -0.05) is 12.1 Å². The molecule has 0 bridgehead atoms. The van der Waals surface area contributed by atoms with E-state index in [0.717, 1.165) is 17.2 Å². The van der Waals surface area contributed by atoms with Crippen LogP contribution in [0.3, 0.4) is 0 Å². The van der Waals surface area contributed by atoms with Gasteiger partial charge in [0.1, 0.15) is 5.82 Å². The molecule has 0 aliphatic carbocycles. The van der Waals surface area contributed by atoms with E-state index < -0.39 is 0 Å². The molecular weight excluding hydrogens is 234 g/mol. The number of nitrogens with zero attached hydrogens (tertiary/aromatic N) is 2. The predicted molar refractivity (Wildman–Crippen MR) is 71.0 cm³/mol. The Balaban J connectivity index is 2.34. The molecule has 1 N–H and O–H groups in total. The topological polar surface area (TPSA) is 37.8 Å². The lowest BCUT2D eigenvalue weighted by Gasteiger charge is -2.10. The predicted octanol–water partition coefficient (Wildman–Crippen LogP) is 3.80. The van der Waals surface area contributed by atoms with Crippen LogP contribution in [0.1, 0.15) is 16.8 Å². The number of aromatic nitrogens is 2. The normalized spacial score (nSPS) is 10.4. The molecule has 0 aliphatic heterocycles. The van der Waals surface area contributed by atoms with Crippen molar-refractivity contribution in [2.24, 2.45) is 0 Å². The van der Waals surface area contributed by atoms with Gasteiger partial charge in [0.25, 0.3) is 0 Å². The number of hydrogen-bond acceptors (Lipinski definition) is 3. The molecule has 4 heteroatoms. The Morgan fingerprint density at radius 2 is 1.82 bits per heavy atom. The van der Waals surface area contributed by atoms with Crippen LogP contribution < -0.4 is 5.32 Å². The smallest absolute Gasteiger partial charge is 0.224 e. The first-order chi connectivity index (χ1) is 8.04. The van der Waals surface area contributed by atoms with Gasteiger partial charge in [-0.3, -0.25) is 0 Å². The van der Waals surface area contributed by atoms with Crippen LogP contribution in [0.2, 0.25) is 5.28 Å². The van der Waals surface area contributed by atoms with Crippen molar-refractivity contribution < 1.29 is 0 Å². The van der Waals surface area contributed by atoms with Crippen LogP contribution in [0.5, 0.6) is 0 Å². The van der Waals surface area contributed by atoms with Crippen molar-refractivity contribution in [3.8, 4) is 0 Å². The first-order valence-electron chi connectivity index (χ1n) is 5.40. The molecule has 0 amide bonds. The van der Waals surface area contributed by atoms with Crippen molar-refractivity contribution in [1.29, 1.82) is 0 Å². The summed E-state index contributed by atoms with van der Waals surface area (Å²) in [7, 11) is 0. The standard InChI is InChI=1S/C13H14ClN3/c1-8-4-5-9(2)11(6-8)16-12-7-10(3)15-13(14)17-12/h4-7H,1-3H3,(H,15,16,17). The van der Waals surface area contributed by atoms with Crippen LogP contribution in [-0.2, 0) is 0 Å². The number of nitrogens with one attached hydrogen (secondary N) is 1. The van der Waals surface area contributed by atoms with Crippen LogP contribution >= 0.6 is 11.6 Å². The van der Waals surface area contributed by atoms with E-state index in [1.165, 1.54) is 11.1 Å². The van der Waals surface area contributed by atoms with Gasteiger partial charge in [-0.05, 0) is 49.6 Å². The molecule has 0 saturated carbocycles. The highest BCUT2D eigenvalue weighted by Gasteiger charge is 2.03. The molecule has 0 spiro atoms. The van der Waals surface area contributed by atoms with Crippen molar-refractivity contribution in [1.82, 2.24) is 9.97 Å². The minimum atomic E-state index is 0.262. The van der Waals surface area contributed by atoms with E-state index in [-0.39, 0.29) is 5.28 Å². The molecule has 88 valence electrons. The number of benzene rings is 1. The lowest BCUT2D eigenvalue weighted by molar-refractivity contribution is 1.10. The van der Waals surface area contributed by atoms with Gasteiger partial charge in [0, 0.05) is 17.4 Å². The zero-order chi connectivity index (χ0) is 12.4. The van der Waals surface area contributed by atoms with Crippen molar-refractivity contribution in [2.75, 3.05) is 5.32 Å². The van der Waals surface area contributed by atoms with Crippen LogP contribution in [0.4, 0.5) is 11.5 Å². The monoisotopic (exact) mass is 247 g/mol. The molecule has 1 aromatic heterocycles. The maximum absolute atomic E-state index is 5.83. The lowest BCUT2D eigenvalue weighted by Crippen LogP contribution is -1.98. The average Bonchev–Trinajstić information content (AvgIpc) is 2.22. The summed E-state index contributed by atoms with van der Waals surface area (Å²) >= 11 is 5.83. The summed E-state index contributed by atoms with van der Waals surface area (Å²) in [6, 6.07) is 8.11. The zero-order valence-corrected chi connectivity index (χ0v) is 10.8. The third kappa shape index (κ3) is 2.94. The Hall–Kier alpha value is -1.61. The van der Waals surface area contributed by atoms with Gasteiger partial charge < -0.3 is 5.32 Å². The van der Waals surface area contributed by atoms with Crippen molar-refractivity contribution in [2.45, 2.75) is 20.8 Å². The summed E-state index contributed by atoms with van der Waals surface area (Å²) in [6.45, 7) is 6.00. The summed E-state index contributed by atoms with van der Waals surface area (Å²) in [6.07, 6.45) is 0. The molecule has 2 rings (SSSR count). The van der Waals surface area contributed by atoms with Gasteiger partial charge in [0.2, 0.25) is 5.28 Å². The second-order valence-electron chi connectivity index (χ2n) is 4.11. The maximum atomic E-state index is 5.83. The molecule has 1 aromatic carbocycles. The summed E-state index contributed by atoms with van der Waals surface area (Å²) in [5.74, 6) is 0.719. The van der Waals surface area contributed by atoms with Crippen LogP contribution in [0.25, 0.3) is 0 Å². The Bertz CT molecular complexity index is 532.